The summed E-state index contributed by atoms with van der Waals surface area (Å²) in [4.78, 5) is 12.0. The molecule has 10 heteroatoms. The van der Waals surface area contributed by atoms with Crippen molar-refractivity contribution in [2.75, 3.05) is 30.6 Å². The van der Waals surface area contributed by atoms with Gasteiger partial charge in [-0.05, 0) is 48.4 Å². The van der Waals surface area contributed by atoms with Crippen molar-refractivity contribution in [3.63, 3.8) is 0 Å². The lowest BCUT2D eigenvalue weighted by atomic mass is 10.1. The van der Waals surface area contributed by atoms with Crippen LogP contribution in [-0.4, -0.2) is 40.2 Å². The van der Waals surface area contributed by atoms with E-state index >= 15 is 0 Å². The van der Waals surface area contributed by atoms with E-state index in [2.05, 4.69) is 20.8 Å². The van der Waals surface area contributed by atoms with Crippen LogP contribution in [0, 0.1) is 5.82 Å². The number of carbonyl (C=O) groups excluding carboxylic acids is 1. The fourth-order valence-corrected chi connectivity index (χ4v) is 3.30. The Morgan fingerprint density at radius 2 is 1.90 bits per heavy atom. The first-order valence-corrected chi connectivity index (χ1v) is 10.2. The molecule has 3 aromatic rings. The summed E-state index contributed by atoms with van der Waals surface area (Å²) in [6.07, 6.45) is 0.630. The SMILES string of the molecule is COc1ccc(NCc2nnc(SCC(=O)NCCc3ccc(F)cc3)n2N)cc1. The van der Waals surface area contributed by atoms with Crippen LogP contribution in [0.15, 0.2) is 53.7 Å². The maximum atomic E-state index is 12.9. The highest BCUT2D eigenvalue weighted by Gasteiger charge is 2.12. The smallest absolute Gasteiger partial charge is 0.230 e. The Kier molecular flexibility index (Phi) is 7.50. The Hall–Kier alpha value is -3.27. The number of nitrogen functional groups attached to an aromatic ring is 1. The maximum absolute atomic E-state index is 12.9. The summed E-state index contributed by atoms with van der Waals surface area (Å²) in [6, 6.07) is 13.7. The van der Waals surface area contributed by atoms with Crippen molar-refractivity contribution in [1.82, 2.24) is 20.2 Å². The van der Waals surface area contributed by atoms with Gasteiger partial charge in [0.1, 0.15) is 11.6 Å². The minimum absolute atomic E-state index is 0.136. The summed E-state index contributed by atoms with van der Waals surface area (Å²) in [5.74, 6) is 7.12. The van der Waals surface area contributed by atoms with Crippen molar-refractivity contribution in [3.05, 3.63) is 65.7 Å². The van der Waals surface area contributed by atoms with Gasteiger partial charge in [-0.3, -0.25) is 4.79 Å². The molecule has 0 spiro atoms. The Morgan fingerprint density at radius 3 is 2.60 bits per heavy atom. The molecule has 0 radical (unpaired) electrons. The van der Waals surface area contributed by atoms with Crippen molar-refractivity contribution in [1.29, 1.82) is 0 Å². The molecule has 8 nitrogen and oxygen atoms in total. The summed E-state index contributed by atoms with van der Waals surface area (Å²) in [7, 11) is 1.62. The molecule has 2 aromatic carbocycles. The van der Waals surface area contributed by atoms with Gasteiger partial charge in [0.15, 0.2) is 5.82 Å². The van der Waals surface area contributed by atoms with Gasteiger partial charge in [0, 0.05) is 12.2 Å². The third-order valence-electron chi connectivity index (χ3n) is 4.26. The molecule has 0 atom stereocenters. The van der Waals surface area contributed by atoms with Gasteiger partial charge in [0.2, 0.25) is 11.1 Å². The highest BCUT2D eigenvalue weighted by atomic mass is 32.2. The number of anilines is 1. The maximum Gasteiger partial charge on any atom is 0.230 e. The lowest BCUT2D eigenvalue weighted by Crippen LogP contribution is -2.27. The molecule has 0 saturated carbocycles. The normalized spacial score (nSPS) is 10.6. The van der Waals surface area contributed by atoms with Gasteiger partial charge in [0.05, 0.1) is 19.4 Å². The topological polar surface area (TPSA) is 107 Å². The van der Waals surface area contributed by atoms with Crippen molar-refractivity contribution >= 4 is 23.4 Å². The first-order valence-electron chi connectivity index (χ1n) is 9.26. The minimum Gasteiger partial charge on any atom is -0.497 e. The first-order chi connectivity index (χ1) is 14.5. The van der Waals surface area contributed by atoms with E-state index in [4.69, 9.17) is 10.6 Å². The molecule has 3 rings (SSSR count). The third kappa shape index (κ3) is 6.11. The second-order valence-electron chi connectivity index (χ2n) is 6.37. The van der Waals surface area contributed by atoms with Crippen LogP contribution in [0.25, 0.3) is 0 Å². The van der Waals surface area contributed by atoms with Gasteiger partial charge in [-0.15, -0.1) is 10.2 Å². The molecule has 0 unspecified atom stereocenters. The second-order valence-corrected chi connectivity index (χ2v) is 7.31. The van der Waals surface area contributed by atoms with Gasteiger partial charge in [-0.2, -0.15) is 0 Å². The monoisotopic (exact) mass is 430 g/mol. The molecule has 0 bridgehead atoms. The van der Waals surface area contributed by atoms with Crippen LogP contribution in [0.1, 0.15) is 11.4 Å². The molecule has 0 aliphatic heterocycles. The number of benzene rings is 2. The average molecular weight is 431 g/mol. The number of aromatic nitrogens is 3. The molecular formula is C20H23FN6O2S. The van der Waals surface area contributed by atoms with E-state index in [1.165, 1.54) is 28.6 Å². The minimum atomic E-state index is -0.274. The summed E-state index contributed by atoms with van der Waals surface area (Å²) in [5.41, 5.74) is 1.86. The zero-order valence-electron chi connectivity index (χ0n) is 16.5. The Morgan fingerprint density at radius 1 is 1.17 bits per heavy atom. The molecule has 4 N–H and O–H groups in total. The molecule has 0 aliphatic rings. The van der Waals surface area contributed by atoms with Gasteiger partial charge in [-0.1, -0.05) is 23.9 Å². The number of methoxy groups -OCH3 is 1. The molecule has 0 saturated heterocycles. The number of halogens is 1. The molecule has 0 aliphatic carbocycles. The van der Waals surface area contributed by atoms with E-state index in [0.29, 0.717) is 30.5 Å². The van der Waals surface area contributed by atoms with E-state index < -0.39 is 0 Å². The summed E-state index contributed by atoms with van der Waals surface area (Å²) >= 11 is 1.21. The first kappa shape index (κ1) is 21.4. The summed E-state index contributed by atoms with van der Waals surface area (Å²) in [6.45, 7) is 0.859. The standard InChI is InChI=1S/C20H23FN6O2S/c1-29-17-8-6-16(7-9-17)24-12-18-25-26-20(27(18)22)30-13-19(28)23-11-10-14-2-4-15(21)5-3-14/h2-9,24H,10-13,22H2,1H3,(H,23,28). The third-order valence-corrected chi connectivity index (χ3v) is 5.20. The number of hydrogen-bond donors (Lipinski definition) is 3. The fourth-order valence-electron chi connectivity index (χ4n) is 2.59. The lowest BCUT2D eigenvalue weighted by molar-refractivity contribution is -0.118. The predicted molar refractivity (Wildman–Crippen MR) is 114 cm³/mol. The van der Waals surface area contributed by atoms with Crippen LogP contribution in [0.5, 0.6) is 5.75 Å². The summed E-state index contributed by atoms with van der Waals surface area (Å²) < 4.78 is 19.4. The fraction of sp³-hybridized carbons (Fsp3) is 0.250. The van der Waals surface area contributed by atoms with Crippen LogP contribution in [0.2, 0.25) is 0 Å². The Balaban J connectivity index is 1.41. The zero-order valence-corrected chi connectivity index (χ0v) is 17.3. The van der Waals surface area contributed by atoms with Gasteiger partial charge in [-0.25, -0.2) is 9.07 Å². The van der Waals surface area contributed by atoms with Crippen LogP contribution < -0.4 is 21.2 Å². The quantitative estimate of drug-likeness (QED) is 0.334. The van der Waals surface area contributed by atoms with E-state index in [1.807, 2.05) is 24.3 Å². The van der Waals surface area contributed by atoms with E-state index in [0.717, 1.165) is 17.0 Å². The number of nitrogens with two attached hydrogens (primary N) is 1. The van der Waals surface area contributed by atoms with Gasteiger partial charge in [0.25, 0.3) is 0 Å². The molecule has 30 heavy (non-hydrogen) atoms. The highest BCUT2D eigenvalue weighted by Crippen LogP contribution is 2.17. The molecule has 158 valence electrons. The summed E-state index contributed by atoms with van der Waals surface area (Å²) in [5, 5.41) is 14.6. The van der Waals surface area contributed by atoms with E-state index in [9.17, 15) is 9.18 Å². The lowest BCUT2D eigenvalue weighted by Gasteiger charge is -2.08. The van der Waals surface area contributed by atoms with Crippen LogP contribution >= 0.6 is 11.8 Å². The van der Waals surface area contributed by atoms with E-state index in [1.54, 1.807) is 19.2 Å². The molecule has 0 fully saturated rings. The number of nitrogens with zero attached hydrogens (tertiary/aromatic N) is 3. The Labute approximate surface area is 178 Å². The second kappa shape index (κ2) is 10.5. The van der Waals surface area contributed by atoms with Crippen molar-refractivity contribution in [3.8, 4) is 5.75 Å². The van der Waals surface area contributed by atoms with Crippen molar-refractivity contribution in [2.45, 2.75) is 18.1 Å². The number of amides is 1. The molecular weight excluding hydrogens is 407 g/mol. The number of thioether (sulfide) groups is 1. The van der Waals surface area contributed by atoms with Crippen molar-refractivity contribution < 1.29 is 13.9 Å². The number of hydrogen-bond acceptors (Lipinski definition) is 7. The number of rotatable bonds is 10. The van der Waals surface area contributed by atoms with Crippen LogP contribution in [0.3, 0.4) is 0 Å². The molecule has 1 heterocycles. The van der Waals surface area contributed by atoms with Crippen LogP contribution in [-0.2, 0) is 17.8 Å². The van der Waals surface area contributed by atoms with Gasteiger partial charge >= 0.3 is 0 Å². The number of nitrogens with one attached hydrogen (secondary N) is 2. The highest BCUT2D eigenvalue weighted by molar-refractivity contribution is 7.99. The molecule has 1 aromatic heterocycles. The Bertz CT molecular complexity index is 962. The zero-order chi connectivity index (χ0) is 21.3. The van der Waals surface area contributed by atoms with Gasteiger partial charge < -0.3 is 21.2 Å². The predicted octanol–water partition coefficient (Wildman–Crippen LogP) is 2.20. The average Bonchev–Trinajstić information content (AvgIpc) is 3.12. The number of carbonyl (C=O) groups is 1. The van der Waals surface area contributed by atoms with Crippen LogP contribution in [0.4, 0.5) is 10.1 Å². The number of ether oxygens (including phenoxy) is 1. The largest absolute Gasteiger partial charge is 0.497 e. The van der Waals surface area contributed by atoms with Crippen molar-refractivity contribution in [2.24, 2.45) is 0 Å². The van der Waals surface area contributed by atoms with E-state index in [-0.39, 0.29) is 17.5 Å². The molecule has 1 amide bonds.